The highest BCUT2D eigenvalue weighted by Crippen LogP contribution is 2.32. The van der Waals surface area contributed by atoms with E-state index in [-0.39, 0.29) is 23.4 Å². The van der Waals surface area contributed by atoms with Crippen LogP contribution in [0.4, 0.5) is 5.95 Å². The average Bonchev–Trinajstić information content (AvgIpc) is 3.05. The van der Waals surface area contributed by atoms with Gasteiger partial charge in [-0.05, 0) is 42.0 Å². The highest BCUT2D eigenvalue weighted by molar-refractivity contribution is 5.94. The van der Waals surface area contributed by atoms with Crippen molar-refractivity contribution in [1.82, 2.24) is 19.7 Å². The van der Waals surface area contributed by atoms with Crippen molar-refractivity contribution >= 4 is 17.8 Å². The number of carbonyl (C=O) groups excluding carboxylic acids is 2. The summed E-state index contributed by atoms with van der Waals surface area (Å²) in [5.74, 6) is -1.37. The zero-order chi connectivity index (χ0) is 20.8. The lowest BCUT2D eigenvalue weighted by molar-refractivity contribution is -0.394. The molecule has 0 bridgehead atoms. The molecule has 1 heterocycles. The van der Waals surface area contributed by atoms with E-state index in [1.165, 1.54) is 25.3 Å². The number of ether oxygens (including phenoxy) is 2. The van der Waals surface area contributed by atoms with Crippen LogP contribution in [0, 0.1) is 10.1 Å². The van der Waals surface area contributed by atoms with Crippen LogP contribution in [0.15, 0.2) is 18.2 Å². The van der Waals surface area contributed by atoms with E-state index in [4.69, 9.17) is 15.2 Å². The third-order valence-corrected chi connectivity index (χ3v) is 3.76. The van der Waals surface area contributed by atoms with Gasteiger partial charge in [0.25, 0.3) is 5.91 Å². The van der Waals surface area contributed by atoms with Crippen LogP contribution >= 0.6 is 0 Å². The second-order valence-electron chi connectivity index (χ2n) is 5.52. The largest absolute Gasteiger partial charge is 0.494 e. The predicted molar refractivity (Wildman–Crippen MR) is 96.2 cm³/mol. The Morgan fingerprint density at radius 3 is 2.50 bits per heavy atom. The Labute approximate surface area is 160 Å². The molecule has 12 nitrogen and oxygen atoms in total. The molecule has 12 heteroatoms. The fourth-order valence-electron chi connectivity index (χ4n) is 2.40. The van der Waals surface area contributed by atoms with Crippen LogP contribution in [0.2, 0.25) is 0 Å². The van der Waals surface area contributed by atoms with Crippen molar-refractivity contribution in [2.75, 3.05) is 20.2 Å². The molecule has 0 spiro atoms. The van der Waals surface area contributed by atoms with Gasteiger partial charge in [0.05, 0.1) is 7.11 Å². The van der Waals surface area contributed by atoms with Gasteiger partial charge in [-0.25, -0.2) is 0 Å². The number of carbonyl (C=O) groups is 2. The SMILES string of the molecule is CCN(CC)C(=O)c1ccc(Oc2nc([N+](=O)[O-])nn2CC(N)=O)c(OC)c1. The number of hydrogen-bond donors (Lipinski definition) is 1. The number of benzene rings is 1. The van der Waals surface area contributed by atoms with Crippen molar-refractivity contribution in [2.45, 2.75) is 20.4 Å². The zero-order valence-electron chi connectivity index (χ0n) is 15.6. The number of nitrogens with two attached hydrogens (primary N) is 1. The average molecular weight is 392 g/mol. The summed E-state index contributed by atoms with van der Waals surface area (Å²) in [7, 11) is 1.38. The molecular weight excluding hydrogens is 372 g/mol. The van der Waals surface area contributed by atoms with Gasteiger partial charge in [0.15, 0.2) is 11.5 Å². The van der Waals surface area contributed by atoms with E-state index in [0.717, 1.165) is 4.68 Å². The fraction of sp³-hybridized carbons (Fsp3) is 0.375. The maximum Gasteiger partial charge on any atom is 0.494 e. The minimum atomic E-state index is -0.826. The lowest BCUT2D eigenvalue weighted by Gasteiger charge is -2.19. The lowest BCUT2D eigenvalue weighted by atomic mass is 10.1. The predicted octanol–water partition coefficient (Wildman–Crippen LogP) is 0.954. The normalized spacial score (nSPS) is 10.4. The van der Waals surface area contributed by atoms with Gasteiger partial charge in [-0.1, -0.05) is 0 Å². The van der Waals surface area contributed by atoms with Crippen molar-refractivity contribution in [1.29, 1.82) is 0 Å². The van der Waals surface area contributed by atoms with E-state index >= 15 is 0 Å². The van der Waals surface area contributed by atoms with E-state index in [2.05, 4.69) is 10.1 Å². The summed E-state index contributed by atoms with van der Waals surface area (Å²) in [4.78, 5) is 39.0. The molecule has 2 rings (SSSR count). The first-order valence-corrected chi connectivity index (χ1v) is 8.33. The Bertz CT molecular complexity index is 892. The first-order valence-electron chi connectivity index (χ1n) is 8.33. The summed E-state index contributed by atoms with van der Waals surface area (Å²) in [6, 6.07) is 4.16. The van der Waals surface area contributed by atoms with E-state index in [9.17, 15) is 19.7 Å². The molecule has 0 aliphatic carbocycles. The van der Waals surface area contributed by atoms with Crippen LogP contribution in [0.3, 0.4) is 0 Å². The fourth-order valence-corrected chi connectivity index (χ4v) is 2.40. The van der Waals surface area contributed by atoms with Crippen molar-refractivity contribution in [3.63, 3.8) is 0 Å². The maximum absolute atomic E-state index is 12.5. The number of aromatic nitrogens is 3. The molecule has 0 atom stereocenters. The molecule has 0 aliphatic rings. The van der Waals surface area contributed by atoms with Crippen LogP contribution in [-0.2, 0) is 11.3 Å². The molecular formula is C16H20N6O6. The first kappa shape index (κ1) is 20.6. The topological polar surface area (TPSA) is 156 Å². The summed E-state index contributed by atoms with van der Waals surface area (Å²) < 4.78 is 11.7. The third-order valence-electron chi connectivity index (χ3n) is 3.76. The molecule has 2 amide bonds. The standard InChI is InChI=1S/C16H20N6O6/c1-4-20(5-2)14(24)10-6-7-11(12(8-10)27-3)28-16-18-15(22(25)26)19-21(16)9-13(17)23/h6-8H,4-5,9H2,1-3H3,(H2,17,23). The Balaban J connectivity index is 2.37. The molecule has 1 aromatic heterocycles. The summed E-state index contributed by atoms with van der Waals surface area (Å²) in [6.45, 7) is 4.38. The van der Waals surface area contributed by atoms with Gasteiger partial charge in [0.2, 0.25) is 5.91 Å². The van der Waals surface area contributed by atoms with Gasteiger partial charge in [0.1, 0.15) is 6.54 Å². The van der Waals surface area contributed by atoms with Crippen LogP contribution in [0.25, 0.3) is 0 Å². The van der Waals surface area contributed by atoms with Gasteiger partial charge < -0.3 is 30.2 Å². The maximum atomic E-state index is 12.5. The van der Waals surface area contributed by atoms with Crippen molar-refractivity contribution in [3.8, 4) is 17.5 Å². The number of rotatable bonds is 9. The zero-order valence-corrected chi connectivity index (χ0v) is 15.6. The summed E-state index contributed by atoms with van der Waals surface area (Å²) >= 11 is 0. The van der Waals surface area contributed by atoms with Gasteiger partial charge in [-0.2, -0.15) is 0 Å². The monoisotopic (exact) mass is 392 g/mol. The molecule has 0 fully saturated rings. The number of primary amides is 1. The van der Waals surface area contributed by atoms with Crippen LogP contribution in [0.5, 0.6) is 17.5 Å². The number of nitro groups is 1. The molecule has 2 aromatic rings. The minimum absolute atomic E-state index is 0.131. The molecule has 0 unspecified atom stereocenters. The van der Waals surface area contributed by atoms with E-state index < -0.39 is 23.3 Å². The molecule has 0 saturated carbocycles. The molecule has 0 radical (unpaired) electrons. The van der Waals surface area contributed by atoms with Crippen LogP contribution < -0.4 is 15.2 Å². The minimum Gasteiger partial charge on any atom is -0.493 e. The van der Waals surface area contributed by atoms with Gasteiger partial charge >= 0.3 is 12.0 Å². The molecule has 0 saturated heterocycles. The second kappa shape index (κ2) is 8.79. The number of hydrogen-bond acceptors (Lipinski definition) is 8. The van der Waals surface area contributed by atoms with Gasteiger partial charge in [-0.3, -0.25) is 9.59 Å². The Kier molecular flexibility index (Phi) is 6.47. The number of nitrogens with zero attached hydrogens (tertiary/aromatic N) is 5. The molecule has 0 aliphatic heterocycles. The van der Waals surface area contributed by atoms with Crippen LogP contribution in [-0.4, -0.2) is 56.6 Å². The second-order valence-corrected chi connectivity index (χ2v) is 5.52. The quantitative estimate of drug-likeness (QED) is 0.488. The highest BCUT2D eigenvalue weighted by atomic mass is 16.6. The smallest absolute Gasteiger partial charge is 0.493 e. The molecule has 150 valence electrons. The molecule has 28 heavy (non-hydrogen) atoms. The lowest BCUT2D eigenvalue weighted by Crippen LogP contribution is -2.30. The van der Waals surface area contributed by atoms with E-state index in [1.807, 2.05) is 13.8 Å². The van der Waals surface area contributed by atoms with Crippen molar-refractivity contribution < 1.29 is 24.0 Å². The Hall–Kier alpha value is -3.70. The summed E-state index contributed by atoms with van der Waals surface area (Å²) in [6.07, 6.45) is 0. The van der Waals surface area contributed by atoms with E-state index in [1.54, 1.807) is 4.90 Å². The van der Waals surface area contributed by atoms with Crippen LogP contribution in [0.1, 0.15) is 24.2 Å². The first-order chi connectivity index (χ1) is 13.3. The van der Waals surface area contributed by atoms with Crippen molar-refractivity contribution in [2.24, 2.45) is 5.73 Å². The van der Waals surface area contributed by atoms with Gasteiger partial charge in [0, 0.05) is 23.8 Å². The summed E-state index contributed by atoms with van der Waals surface area (Å²) in [5, 5.41) is 14.5. The highest BCUT2D eigenvalue weighted by Gasteiger charge is 2.26. The molecule has 2 N–H and O–H groups in total. The molecule has 1 aromatic carbocycles. The number of amides is 2. The van der Waals surface area contributed by atoms with Gasteiger partial charge in [-0.15, -0.1) is 4.68 Å². The number of methoxy groups -OCH3 is 1. The Morgan fingerprint density at radius 1 is 1.29 bits per heavy atom. The Morgan fingerprint density at radius 2 is 1.96 bits per heavy atom. The summed E-state index contributed by atoms with van der Waals surface area (Å²) in [5.41, 5.74) is 5.50. The van der Waals surface area contributed by atoms with Crippen molar-refractivity contribution in [3.05, 3.63) is 33.9 Å². The van der Waals surface area contributed by atoms with E-state index in [0.29, 0.717) is 18.7 Å². The third kappa shape index (κ3) is 4.52.